The summed E-state index contributed by atoms with van der Waals surface area (Å²) in [6.07, 6.45) is 0.560. The molecule has 2 heterocycles. The lowest BCUT2D eigenvalue weighted by molar-refractivity contribution is 0.223. The molecule has 0 aliphatic carbocycles. The number of fused-ring (bicyclic) bond motifs is 1. The van der Waals surface area contributed by atoms with Crippen molar-refractivity contribution in [3.8, 4) is 5.75 Å². The highest BCUT2D eigenvalue weighted by atomic mass is 35.5. The van der Waals surface area contributed by atoms with Crippen LogP contribution in [0.15, 0.2) is 33.9 Å². The molecule has 0 saturated heterocycles. The van der Waals surface area contributed by atoms with Gasteiger partial charge < -0.3 is 19.1 Å². The van der Waals surface area contributed by atoms with Crippen molar-refractivity contribution in [2.75, 3.05) is 45.9 Å². The van der Waals surface area contributed by atoms with Crippen molar-refractivity contribution in [2.45, 2.75) is 40.7 Å². The second-order valence-electron chi connectivity index (χ2n) is 8.78. The van der Waals surface area contributed by atoms with Crippen LogP contribution in [0.1, 0.15) is 39.1 Å². The zero-order chi connectivity index (χ0) is 25.5. The van der Waals surface area contributed by atoms with E-state index in [0.717, 1.165) is 61.0 Å². The van der Waals surface area contributed by atoms with Crippen LogP contribution in [-0.4, -0.2) is 74.4 Å². The summed E-state index contributed by atoms with van der Waals surface area (Å²) in [5, 5.41) is 0. The van der Waals surface area contributed by atoms with Gasteiger partial charge in [-0.3, -0.25) is 13.9 Å². The number of hydrogen-bond donors (Lipinski definition) is 0. The van der Waals surface area contributed by atoms with Gasteiger partial charge in [-0.05, 0) is 43.9 Å². The molecule has 2 aromatic heterocycles. The number of imidazole rings is 1. The van der Waals surface area contributed by atoms with Crippen LogP contribution in [0.25, 0.3) is 11.2 Å². The summed E-state index contributed by atoms with van der Waals surface area (Å²) >= 11 is 0. The quantitative estimate of drug-likeness (QED) is 0.322. The first-order chi connectivity index (χ1) is 16.8. The van der Waals surface area contributed by atoms with Crippen LogP contribution in [-0.2, 0) is 27.1 Å². The summed E-state index contributed by atoms with van der Waals surface area (Å²) in [5.74, 6) is 1.62. The van der Waals surface area contributed by atoms with Crippen LogP contribution in [0.5, 0.6) is 5.75 Å². The van der Waals surface area contributed by atoms with E-state index in [0.29, 0.717) is 30.7 Å². The van der Waals surface area contributed by atoms with Crippen molar-refractivity contribution in [3.63, 3.8) is 0 Å². The van der Waals surface area contributed by atoms with E-state index >= 15 is 0 Å². The first kappa shape index (κ1) is 32.7. The topological polar surface area (TPSA) is 77.5 Å². The predicted octanol–water partition coefficient (Wildman–Crippen LogP) is 2.93. The highest BCUT2D eigenvalue weighted by molar-refractivity contribution is 5.85. The van der Waals surface area contributed by atoms with Crippen LogP contribution in [0, 0.1) is 0 Å². The van der Waals surface area contributed by atoms with Crippen molar-refractivity contribution in [1.82, 2.24) is 28.5 Å². The molecule has 0 aliphatic rings. The maximum atomic E-state index is 13.1. The molecule has 208 valence electrons. The summed E-state index contributed by atoms with van der Waals surface area (Å²) in [6, 6.07) is 8.04. The highest BCUT2D eigenvalue weighted by Crippen LogP contribution is 2.18. The first-order valence-electron chi connectivity index (χ1n) is 12.7. The summed E-state index contributed by atoms with van der Waals surface area (Å²) < 4.78 is 10.5. The third kappa shape index (κ3) is 7.60. The number of rotatable bonds is 13. The number of nitrogens with zero attached hydrogens (tertiary/aromatic N) is 6. The molecule has 37 heavy (non-hydrogen) atoms. The number of ether oxygens (including phenoxy) is 1. The lowest BCUT2D eigenvalue weighted by Gasteiger charge is -2.19. The van der Waals surface area contributed by atoms with E-state index in [-0.39, 0.29) is 36.1 Å². The second kappa shape index (κ2) is 15.2. The molecule has 3 aromatic rings. The molecule has 11 heteroatoms. The minimum absolute atomic E-state index is 0. The molecule has 0 atom stereocenters. The zero-order valence-corrected chi connectivity index (χ0v) is 24.5. The lowest BCUT2D eigenvalue weighted by Crippen LogP contribution is -2.38. The van der Waals surface area contributed by atoms with Gasteiger partial charge in [-0.25, -0.2) is 9.78 Å². The second-order valence-corrected chi connectivity index (χ2v) is 8.78. The van der Waals surface area contributed by atoms with Crippen molar-refractivity contribution >= 4 is 36.0 Å². The van der Waals surface area contributed by atoms with Crippen LogP contribution in [0.3, 0.4) is 0 Å². The van der Waals surface area contributed by atoms with Gasteiger partial charge in [0.15, 0.2) is 11.2 Å². The summed E-state index contributed by atoms with van der Waals surface area (Å²) in [7, 11) is 3.18. The maximum Gasteiger partial charge on any atom is 0.332 e. The number of likely N-dealkylation sites (N-methyl/N-ethyl adjacent to an activating group) is 2. The summed E-state index contributed by atoms with van der Waals surface area (Å²) in [4.78, 5) is 35.0. The number of halogens is 2. The van der Waals surface area contributed by atoms with Crippen molar-refractivity contribution in [2.24, 2.45) is 14.1 Å². The molecule has 0 amide bonds. The van der Waals surface area contributed by atoms with E-state index in [2.05, 4.69) is 37.5 Å². The Morgan fingerprint density at radius 2 is 1.41 bits per heavy atom. The van der Waals surface area contributed by atoms with Crippen LogP contribution < -0.4 is 16.0 Å². The Morgan fingerprint density at radius 1 is 0.838 bits per heavy atom. The molecule has 0 radical (unpaired) electrons. The predicted molar refractivity (Wildman–Crippen MR) is 155 cm³/mol. The summed E-state index contributed by atoms with van der Waals surface area (Å²) in [6.45, 7) is 15.5. The molecule has 9 nitrogen and oxygen atoms in total. The van der Waals surface area contributed by atoms with Gasteiger partial charge in [0.1, 0.15) is 18.2 Å². The Hall–Kier alpha value is -2.33. The summed E-state index contributed by atoms with van der Waals surface area (Å²) in [5.41, 5.74) is 1.31. The van der Waals surface area contributed by atoms with Gasteiger partial charge in [0.25, 0.3) is 5.56 Å². The molecule has 0 spiro atoms. The standard InChI is InChI=1S/C26H40N6O3.2ClH/c1-7-30(8-2)15-16-32-22(27-24-23(32)25(33)29(6)26(34)28(24)5)19-20-11-13-21(14-12-20)35-18-17-31(9-3)10-4;;/h11-14H,7-10,15-19H2,1-6H3;2*1H. The SMILES string of the molecule is CCN(CC)CCOc1ccc(Cc2nc3c(c(=O)n(C)c(=O)n3C)n2CCN(CC)CC)cc1.Cl.Cl. The van der Waals surface area contributed by atoms with Gasteiger partial charge in [-0.15, -0.1) is 24.8 Å². The minimum atomic E-state index is -0.367. The Kier molecular flexibility index (Phi) is 13.4. The van der Waals surface area contributed by atoms with Crippen molar-refractivity contribution in [3.05, 3.63) is 56.5 Å². The van der Waals surface area contributed by atoms with E-state index in [4.69, 9.17) is 9.72 Å². The third-order valence-corrected chi connectivity index (χ3v) is 6.82. The van der Waals surface area contributed by atoms with Crippen LogP contribution in [0.4, 0.5) is 0 Å². The molecule has 0 aliphatic heterocycles. The fraction of sp³-hybridized carbons (Fsp3) is 0.577. The lowest BCUT2D eigenvalue weighted by atomic mass is 10.1. The van der Waals surface area contributed by atoms with E-state index in [1.54, 1.807) is 7.05 Å². The number of hydrogen-bond acceptors (Lipinski definition) is 6. The van der Waals surface area contributed by atoms with Crippen LogP contribution in [0.2, 0.25) is 0 Å². The van der Waals surface area contributed by atoms with Gasteiger partial charge >= 0.3 is 5.69 Å². The third-order valence-electron chi connectivity index (χ3n) is 6.82. The minimum Gasteiger partial charge on any atom is -0.492 e. The number of benzene rings is 1. The van der Waals surface area contributed by atoms with E-state index < -0.39 is 0 Å². The van der Waals surface area contributed by atoms with Gasteiger partial charge in [0, 0.05) is 40.2 Å². The van der Waals surface area contributed by atoms with Crippen LogP contribution >= 0.6 is 24.8 Å². The molecule has 0 saturated carbocycles. The molecule has 0 fully saturated rings. The Labute approximate surface area is 231 Å². The van der Waals surface area contributed by atoms with E-state index in [1.165, 1.54) is 11.6 Å². The largest absolute Gasteiger partial charge is 0.492 e. The maximum absolute atomic E-state index is 13.1. The average molecular weight is 558 g/mol. The normalized spacial score (nSPS) is 11.1. The zero-order valence-electron chi connectivity index (χ0n) is 22.9. The molecule has 0 unspecified atom stereocenters. The number of aromatic nitrogens is 4. The first-order valence-corrected chi connectivity index (χ1v) is 12.7. The van der Waals surface area contributed by atoms with Gasteiger partial charge in [0.05, 0.1) is 0 Å². The fourth-order valence-corrected chi connectivity index (χ4v) is 4.37. The van der Waals surface area contributed by atoms with Gasteiger partial charge in [-0.2, -0.15) is 0 Å². The molecular weight excluding hydrogens is 515 g/mol. The van der Waals surface area contributed by atoms with E-state index in [9.17, 15) is 9.59 Å². The fourth-order valence-electron chi connectivity index (χ4n) is 4.37. The number of aryl methyl sites for hydroxylation is 1. The smallest absolute Gasteiger partial charge is 0.332 e. The monoisotopic (exact) mass is 556 g/mol. The average Bonchev–Trinajstić information content (AvgIpc) is 3.23. The van der Waals surface area contributed by atoms with Gasteiger partial charge in [-0.1, -0.05) is 39.8 Å². The van der Waals surface area contributed by atoms with E-state index in [1.807, 2.05) is 28.8 Å². The van der Waals surface area contributed by atoms with Gasteiger partial charge in [0.2, 0.25) is 0 Å². The Balaban J connectivity index is 0.00000342. The Bertz CT molecular complexity index is 1230. The Morgan fingerprint density at radius 3 is 1.97 bits per heavy atom. The van der Waals surface area contributed by atoms with Crippen molar-refractivity contribution < 1.29 is 4.74 Å². The molecule has 0 bridgehead atoms. The molecule has 1 aromatic carbocycles. The molecule has 0 N–H and O–H groups in total. The molecule has 3 rings (SSSR count). The molecular formula is C26H42Cl2N6O3. The van der Waals surface area contributed by atoms with Crippen molar-refractivity contribution in [1.29, 1.82) is 0 Å². The highest BCUT2D eigenvalue weighted by Gasteiger charge is 2.19.